The molecule has 0 aliphatic heterocycles. The Bertz CT molecular complexity index is 372. The predicted octanol–water partition coefficient (Wildman–Crippen LogP) is 2.18. The number of thioether (sulfide) groups is 1. The van der Waals surface area contributed by atoms with Crippen LogP contribution in [0.15, 0.2) is 27.8 Å². The van der Waals surface area contributed by atoms with Crippen molar-refractivity contribution in [2.45, 2.75) is 30.8 Å². The molecule has 1 unspecified atom stereocenters. The van der Waals surface area contributed by atoms with E-state index in [4.69, 9.17) is 5.73 Å². The first-order valence-corrected chi connectivity index (χ1v) is 7.68. The molecule has 18 heavy (non-hydrogen) atoms. The van der Waals surface area contributed by atoms with Crippen LogP contribution in [0.1, 0.15) is 19.8 Å². The van der Waals surface area contributed by atoms with E-state index in [9.17, 15) is 4.79 Å². The van der Waals surface area contributed by atoms with E-state index in [0.717, 1.165) is 34.6 Å². The minimum Gasteiger partial charge on any atom is -0.368 e. The molecule has 0 aliphatic carbocycles. The van der Waals surface area contributed by atoms with Gasteiger partial charge in [-0.15, -0.1) is 11.8 Å². The van der Waals surface area contributed by atoms with Gasteiger partial charge >= 0.3 is 0 Å². The molecule has 6 heteroatoms. The van der Waals surface area contributed by atoms with E-state index >= 15 is 0 Å². The third kappa shape index (κ3) is 5.84. The third-order valence-corrected chi connectivity index (χ3v) is 3.79. The zero-order valence-corrected chi connectivity index (χ0v) is 12.8. The first kappa shape index (κ1) is 15.5. The smallest absolute Gasteiger partial charge is 0.234 e. The van der Waals surface area contributed by atoms with Crippen molar-refractivity contribution in [2.24, 2.45) is 5.73 Å². The highest BCUT2D eigenvalue weighted by Crippen LogP contribution is 2.18. The molecule has 1 aromatic heterocycles. The molecule has 4 nitrogen and oxygen atoms in total. The van der Waals surface area contributed by atoms with E-state index in [1.54, 1.807) is 18.0 Å². The topological polar surface area (TPSA) is 68.0 Å². The Kier molecular flexibility index (Phi) is 7.31. The Hall–Kier alpha value is -0.590. The number of rotatable bonds is 8. The highest BCUT2D eigenvalue weighted by atomic mass is 79.9. The average molecular weight is 332 g/mol. The molecule has 1 heterocycles. The zero-order chi connectivity index (χ0) is 13.4. The molecule has 0 bridgehead atoms. The first-order chi connectivity index (χ1) is 8.63. The van der Waals surface area contributed by atoms with Gasteiger partial charge in [0.2, 0.25) is 5.91 Å². The van der Waals surface area contributed by atoms with Gasteiger partial charge in [0, 0.05) is 16.4 Å². The number of primary amides is 1. The minimum atomic E-state index is -0.284. The van der Waals surface area contributed by atoms with Crippen molar-refractivity contribution in [1.29, 1.82) is 0 Å². The lowest BCUT2D eigenvalue weighted by Gasteiger charge is -2.14. The van der Waals surface area contributed by atoms with Gasteiger partial charge in [-0.1, -0.05) is 6.92 Å². The molecule has 0 radical (unpaired) electrons. The van der Waals surface area contributed by atoms with Crippen LogP contribution in [0, 0.1) is 0 Å². The largest absolute Gasteiger partial charge is 0.368 e. The normalized spacial score (nSPS) is 12.3. The van der Waals surface area contributed by atoms with Crippen LogP contribution in [0.2, 0.25) is 0 Å². The SMILES string of the molecule is CCCNC(CCSc1ccc(Br)cn1)C(N)=O. The molecule has 1 atom stereocenters. The van der Waals surface area contributed by atoms with Gasteiger partial charge in [0.05, 0.1) is 11.1 Å². The Balaban J connectivity index is 2.34. The number of nitrogens with zero attached hydrogens (tertiary/aromatic N) is 1. The van der Waals surface area contributed by atoms with Gasteiger partial charge in [-0.3, -0.25) is 4.79 Å². The highest BCUT2D eigenvalue weighted by Gasteiger charge is 2.13. The lowest BCUT2D eigenvalue weighted by Crippen LogP contribution is -2.41. The summed E-state index contributed by atoms with van der Waals surface area (Å²) in [6.07, 6.45) is 3.48. The molecule has 0 aromatic carbocycles. The number of carbonyl (C=O) groups is 1. The molecule has 0 saturated heterocycles. The fraction of sp³-hybridized carbons (Fsp3) is 0.500. The summed E-state index contributed by atoms with van der Waals surface area (Å²) in [7, 11) is 0. The van der Waals surface area contributed by atoms with Crippen molar-refractivity contribution in [3.8, 4) is 0 Å². The summed E-state index contributed by atoms with van der Waals surface area (Å²) in [6, 6.07) is 3.66. The molecule has 100 valence electrons. The minimum absolute atomic E-state index is 0.243. The fourth-order valence-electron chi connectivity index (χ4n) is 1.39. The molecular formula is C12H18BrN3OS. The molecule has 0 aliphatic rings. The van der Waals surface area contributed by atoms with Gasteiger partial charge in [0.25, 0.3) is 0 Å². The van der Waals surface area contributed by atoms with E-state index in [-0.39, 0.29) is 11.9 Å². The second-order valence-corrected chi connectivity index (χ2v) is 5.89. The van der Waals surface area contributed by atoms with Gasteiger partial charge in [0.1, 0.15) is 0 Å². The highest BCUT2D eigenvalue weighted by molar-refractivity contribution is 9.10. The van der Waals surface area contributed by atoms with Crippen molar-refractivity contribution in [2.75, 3.05) is 12.3 Å². The quantitative estimate of drug-likeness (QED) is 0.716. The van der Waals surface area contributed by atoms with Crippen LogP contribution in [0.3, 0.4) is 0 Å². The van der Waals surface area contributed by atoms with Crippen LogP contribution in [0.4, 0.5) is 0 Å². The summed E-state index contributed by atoms with van der Waals surface area (Å²) in [4.78, 5) is 15.5. The maximum Gasteiger partial charge on any atom is 0.234 e. The zero-order valence-electron chi connectivity index (χ0n) is 10.4. The van der Waals surface area contributed by atoms with Crippen molar-refractivity contribution in [3.05, 3.63) is 22.8 Å². The third-order valence-electron chi connectivity index (χ3n) is 2.34. The summed E-state index contributed by atoms with van der Waals surface area (Å²) in [5, 5.41) is 4.10. The summed E-state index contributed by atoms with van der Waals surface area (Å²) in [5.74, 6) is 0.534. The van der Waals surface area contributed by atoms with Crippen LogP contribution in [-0.2, 0) is 4.79 Å². The molecule has 1 aromatic rings. The Morgan fingerprint density at radius 3 is 2.94 bits per heavy atom. The molecule has 0 saturated carbocycles. The van der Waals surface area contributed by atoms with Crippen molar-refractivity contribution in [1.82, 2.24) is 10.3 Å². The monoisotopic (exact) mass is 331 g/mol. The second-order valence-electron chi connectivity index (χ2n) is 3.86. The van der Waals surface area contributed by atoms with E-state index in [1.165, 1.54) is 0 Å². The Morgan fingerprint density at radius 2 is 2.39 bits per heavy atom. The summed E-state index contributed by atoms with van der Waals surface area (Å²) < 4.78 is 0.964. The fourth-order valence-corrected chi connectivity index (χ4v) is 2.48. The molecule has 1 amide bonds. The van der Waals surface area contributed by atoms with Gasteiger partial charge in [-0.2, -0.15) is 0 Å². The molecule has 1 rings (SSSR count). The summed E-state index contributed by atoms with van der Waals surface area (Å²) in [5.41, 5.74) is 5.34. The molecule has 0 spiro atoms. The maximum absolute atomic E-state index is 11.2. The van der Waals surface area contributed by atoms with Crippen molar-refractivity contribution in [3.63, 3.8) is 0 Å². The predicted molar refractivity (Wildman–Crippen MR) is 78.6 cm³/mol. The Labute approximate surface area is 120 Å². The van der Waals surface area contributed by atoms with Crippen LogP contribution in [-0.4, -0.2) is 29.2 Å². The number of pyridine rings is 1. The number of carbonyl (C=O) groups excluding carboxylic acids is 1. The number of nitrogens with one attached hydrogen (secondary N) is 1. The number of nitrogens with two attached hydrogens (primary N) is 1. The first-order valence-electron chi connectivity index (χ1n) is 5.90. The van der Waals surface area contributed by atoms with Crippen LogP contribution in [0.5, 0.6) is 0 Å². The number of hydrogen-bond acceptors (Lipinski definition) is 4. The van der Waals surface area contributed by atoms with Crippen LogP contribution < -0.4 is 11.1 Å². The molecular weight excluding hydrogens is 314 g/mol. The van der Waals surface area contributed by atoms with Gasteiger partial charge in [0.15, 0.2) is 0 Å². The van der Waals surface area contributed by atoms with E-state index in [0.29, 0.717) is 0 Å². The second kappa shape index (κ2) is 8.50. The van der Waals surface area contributed by atoms with Gasteiger partial charge < -0.3 is 11.1 Å². The van der Waals surface area contributed by atoms with Crippen molar-refractivity contribution < 1.29 is 4.79 Å². The number of amides is 1. The van der Waals surface area contributed by atoms with Gasteiger partial charge in [-0.05, 0) is 47.4 Å². The molecule has 0 fully saturated rings. The van der Waals surface area contributed by atoms with Crippen LogP contribution >= 0.6 is 27.7 Å². The van der Waals surface area contributed by atoms with Crippen LogP contribution in [0.25, 0.3) is 0 Å². The van der Waals surface area contributed by atoms with E-state index in [1.807, 2.05) is 12.1 Å². The number of hydrogen-bond donors (Lipinski definition) is 2. The molecule has 3 N–H and O–H groups in total. The number of aromatic nitrogens is 1. The maximum atomic E-state index is 11.2. The standard InChI is InChI=1S/C12H18BrN3OS/c1-2-6-15-10(12(14)17)5-7-18-11-4-3-9(13)8-16-11/h3-4,8,10,15H,2,5-7H2,1H3,(H2,14,17). The Morgan fingerprint density at radius 1 is 1.61 bits per heavy atom. The lowest BCUT2D eigenvalue weighted by atomic mass is 10.2. The lowest BCUT2D eigenvalue weighted by molar-refractivity contribution is -0.120. The van der Waals surface area contributed by atoms with Gasteiger partial charge in [-0.25, -0.2) is 4.98 Å². The van der Waals surface area contributed by atoms with E-state index in [2.05, 4.69) is 33.2 Å². The average Bonchev–Trinajstić information content (AvgIpc) is 2.35. The van der Waals surface area contributed by atoms with Crippen molar-refractivity contribution >= 4 is 33.6 Å². The summed E-state index contributed by atoms with van der Waals surface area (Å²) >= 11 is 4.97. The summed E-state index contributed by atoms with van der Waals surface area (Å²) in [6.45, 7) is 2.88. The number of halogens is 1. The van der Waals surface area contributed by atoms with E-state index < -0.39 is 0 Å².